The average Bonchev–Trinajstić information content (AvgIpc) is 2.28. The van der Waals surface area contributed by atoms with Crippen LogP contribution in [0.15, 0.2) is 0 Å². The maximum Gasteiger partial charge on any atom is 0.323 e. The Morgan fingerprint density at radius 3 is 2.56 bits per heavy atom. The van der Waals surface area contributed by atoms with Crippen molar-refractivity contribution < 1.29 is 13.5 Å². The highest BCUT2D eigenvalue weighted by Gasteiger charge is 2.14. The third-order valence-electron chi connectivity index (χ3n) is 1.96. The van der Waals surface area contributed by atoms with Gasteiger partial charge in [-0.15, -0.1) is 0 Å². The van der Waals surface area contributed by atoms with E-state index in [1.807, 2.05) is 6.92 Å². The quantitative estimate of drug-likeness (QED) is 0.800. The SMILES string of the molecule is CCNc1nc(OCC)nc(N(C)CC(F)F)n1. The highest BCUT2D eigenvalue weighted by molar-refractivity contribution is 5.37. The zero-order valence-corrected chi connectivity index (χ0v) is 10.7. The van der Waals surface area contributed by atoms with Crippen LogP contribution in [0, 0.1) is 0 Å². The lowest BCUT2D eigenvalue weighted by Gasteiger charge is -2.17. The topological polar surface area (TPSA) is 63.2 Å². The molecule has 0 spiro atoms. The molecule has 1 N–H and O–H groups in total. The van der Waals surface area contributed by atoms with Crippen LogP contribution < -0.4 is 15.0 Å². The highest BCUT2D eigenvalue weighted by atomic mass is 19.3. The second-order valence-corrected chi connectivity index (χ2v) is 3.48. The van der Waals surface area contributed by atoms with Gasteiger partial charge in [0.2, 0.25) is 11.9 Å². The van der Waals surface area contributed by atoms with E-state index in [4.69, 9.17) is 4.74 Å². The largest absolute Gasteiger partial charge is 0.464 e. The molecule has 0 saturated carbocycles. The van der Waals surface area contributed by atoms with Crippen molar-refractivity contribution in [1.29, 1.82) is 0 Å². The Balaban J connectivity index is 2.94. The third-order valence-corrected chi connectivity index (χ3v) is 1.96. The molecule has 0 unspecified atom stereocenters. The number of alkyl halides is 2. The third kappa shape index (κ3) is 4.27. The zero-order chi connectivity index (χ0) is 13.5. The van der Waals surface area contributed by atoms with Gasteiger partial charge in [0.05, 0.1) is 13.2 Å². The first-order valence-electron chi connectivity index (χ1n) is 5.68. The molecule has 0 aliphatic carbocycles. The summed E-state index contributed by atoms with van der Waals surface area (Å²) in [5, 5.41) is 2.90. The van der Waals surface area contributed by atoms with Crippen molar-refractivity contribution in [3.63, 3.8) is 0 Å². The first-order valence-corrected chi connectivity index (χ1v) is 5.68. The number of hydrogen-bond acceptors (Lipinski definition) is 6. The molecule has 0 aliphatic heterocycles. The Bertz CT molecular complexity index is 353. The molecule has 0 aliphatic rings. The van der Waals surface area contributed by atoms with Crippen LogP contribution in [0.3, 0.4) is 0 Å². The van der Waals surface area contributed by atoms with Crippen LogP contribution in [0.25, 0.3) is 0 Å². The lowest BCUT2D eigenvalue weighted by atomic mass is 10.6. The normalized spacial score (nSPS) is 10.6. The molecule has 0 amide bonds. The van der Waals surface area contributed by atoms with E-state index >= 15 is 0 Å². The minimum absolute atomic E-state index is 0.125. The fraction of sp³-hybridized carbons (Fsp3) is 0.700. The van der Waals surface area contributed by atoms with E-state index in [1.165, 1.54) is 11.9 Å². The molecule has 8 heteroatoms. The molecule has 1 heterocycles. The van der Waals surface area contributed by atoms with Crippen molar-refractivity contribution in [2.24, 2.45) is 0 Å². The summed E-state index contributed by atoms with van der Waals surface area (Å²) in [6.45, 7) is 4.24. The molecule has 1 aromatic heterocycles. The molecule has 0 fully saturated rings. The standard InChI is InChI=1S/C10H17F2N5O/c1-4-13-8-14-9(17(3)6-7(11)12)16-10(15-8)18-5-2/h7H,4-6H2,1-3H3,(H,13,14,15,16). The Kier molecular flexibility index (Phi) is 5.47. The second kappa shape index (κ2) is 6.87. The van der Waals surface area contributed by atoms with Gasteiger partial charge >= 0.3 is 6.01 Å². The van der Waals surface area contributed by atoms with Gasteiger partial charge in [0.25, 0.3) is 6.43 Å². The van der Waals surface area contributed by atoms with Crippen LogP contribution in [-0.2, 0) is 0 Å². The molecule has 0 saturated heterocycles. The molecule has 18 heavy (non-hydrogen) atoms. The summed E-state index contributed by atoms with van der Waals surface area (Å²) in [4.78, 5) is 13.3. The Morgan fingerprint density at radius 2 is 2.00 bits per heavy atom. The summed E-state index contributed by atoms with van der Waals surface area (Å²) in [5.41, 5.74) is 0. The molecule has 102 valence electrons. The predicted octanol–water partition coefficient (Wildman–Crippen LogP) is 1.40. The van der Waals surface area contributed by atoms with E-state index in [0.717, 1.165) is 0 Å². The number of hydrogen-bond donors (Lipinski definition) is 1. The lowest BCUT2D eigenvalue weighted by Crippen LogP contribution is -2.26. The minimum atomic E-state index is -2.45. The van der Waals surface area contributed by atoms with E-state index in [9.17, 15) is 8.78 Å². The van der Waals surface area contributed by atoms with E-state index < -0.39 is 13.0 Å². The number of nitrogens with zero attached hydrogens (tertiary/aromatic N) is 4. The smallest absolute Gasteiger partial charge is 0.323 e. The van der Waals surface area contributed by atoms with Crippen LogP contribution in [0.2, 0.25) is 0 Å². The molecule has 0 radical (unpaired) electrons. The van der Waals surface area contributed by atoms with Gasteiger partial charge in [-0.2, -0.15) is 15.0 Å². The first-order chi connectivity index (χ1) is 8.56. The monoisotopic (exact) mass is 261 g/mol. The Morgan fingerprint density at radius 1 is 1.28 bits per heavy atom. The van der Waals surface area contributed by atoms with Crippen LogP contribution in [0.1, 0.15) is 13.8 Å². The summed E-state index contributed by atoms with van der Waals surface area (Å²) in [6, 6.07) is 0.125. The number of ether oxygens (including phenoxy) is 1. The fourth-order valence-corrected chi connectivity index (χ4v) is 1.24. The number of rotatable bonds is 7. The molecule has 6 nitrogen and oxygen atoms in total. The molecule has 1 rings (SSSR count). The van der Waals surface area contributed by atoms with Crippen molar-refractivity contribution in [1.82, 2.24) is 15.0 Å². The van der Waals surface area contributed by atoms with E-state index in [-0.39, 0.29) is 12.0 Å². The van der Waals surface area contributed by atoms with Gasteiger partial charge in [0.15, 0.2) is 0 Å². The maximum absolute atomic E-state index is 12.3. The molecular weight excluding hydrogens is 244 g/mol. The van der Waals surface area contributed by atoms with Gasteiger partial charge in [-0.1, -0.05) is 0 Å². The summed E-state index contributed by atoms with van der Waals surface area (Å²) in [7, 11) is 1.49. The van der Waals surface area contributed by atoms with Crippen molar-refractivity contribution in [2.45, 2.75) is 20.3 Å². The average molecular weight is 261 g/mol. The summed E-state index contributed by atoms with van der Waals surface area (Å²) in [5.74, 6) is 0.469. The van der Waals surface area contributed by atoms with Gasteiger partial charge in [-0.25, -0.2) is 8.78 Å². The van der Waals surface area contributed by atoms with E-state index in [0.29, 0.717) is 19.1 Å². The summed E-state index contributed by atoms with van der Waals surface area (Å²) >= 11 is 0. The zero-order valence-electron chi connectivity index (χ0n) is 10.7. The van der Waals surface area contributed by atoms with Gasteiger partial charge in [-0.3, -0.25) is 0 Å². The summed E-state index contributed by atoms with van der Waals surface area (Å²) < 4.78 is 29.8. The van der Waals surface area contributed by atoms with Crippen molar-refractivity contribution in [3.05, 3.63) is 0 Å². The number of nitrogens with one attached hydrogen (secondary N) is 1. The second-order valence-electron chi connectivity index (χ2n) is 3.48. The van der Waals surface area contributed by atoms with Gasteiger partial charge in [0.1, 0.15) is 0 Å². The maximum atomic E-state index is 12.3. The van der Waals surface area contributed by atoms with Crippen LogP contribution in [0.4, 0.5) is 20.7 Å². The molecule has 1 aromatic rings. The van der Waals surface area contributed by atoms with E-state index in [2.05, 4.69) is 20.3 Å². The van der Waals surface area contributed by atoms with E-state index in [1.54, 1.807) is 6.92 Å². The molecule has 0 bridgehead atoms. The number of halogens is 2. The van der Waals surface area contributed by atoms with Crippen molar-refractivity contribution in [3.8, 4) is 6.01 Å². The van der Waals surface area contributed by atoms with Gasteiger partial charge < -0.3 is 15.0 Å². The number of anilines is 2. The van der Waals surface area contributed by atoms with Crippen molar-refractivity contribution in [2.75, 3.05) is 37.0 Å². The van der Waals surface area contributed by atoms with Gasteiger partial charge in [-0.05, 0) is 13.8 Å². The summed E-state index contributed by atoms with van der Waals surface area (Å²) in [6.07, 6.45) is -2.45. The fourth-order valence-electron chi connectivity index (χ4n) is 1.24. The van der Waals surface area contributed by atoms with Crippen LogP contribution in [0.5, 0.6) is 6.01 Å². The highest BCUT2D eigenvalue weighted by Crippen LogP contribution is 2.14. The lowest BCUT2D eigenvalue weighted by molar-refractivity contribution is 0.156. The number of aromatic nitrogens is 3. The van der Waals surface area contributed by atoms with Crippen LogP contribution in [-0.4, -0.2) is 48.1 Å². The first kappa shape index (κ1) is 14.3. The molecular formula is C10H17F2N5O. The van der Waals surface area contributed by atoms with Gasteiger partial charge in [0, 0.05) is 13.6 Å². The molecule has 0 aromatic carbocycles. The Labute approximate surface area is 104 Å². The van der Waals surface area contributed by atoms with Crippen LogP contribution >= 0.6 is 0 Å². The van der Waals surface area contributed by atoms with Crippen molar-refractivity contribution >= 4 is 11.9 Å². The minimum Gasteiger partial charge on any atom is -0.464 e. The predicted molar refractivity (Wildman–Crippen MR) is 64.4 cm³/mol. The Hall–Kier alpha value is -1.73. The molecule has 0 atom stereocenters.